The third-order valence-corrected chi connectivity index (χ3v) is 26.1. The van der Waals surface area contributed by atoms with Gasteiger partial charge in [-0.1, -0.05) is 0 Å². The first-order chi connectivity index (χ1) is 17.4. The Hall–Kier alpha value is -1.20. The molecule has 0 N–H and O–H groups in total. The molecule has 3 unspecified atom stereocenters. The van der Waals surface area contributed by atoms with Crippen LogP contribution in [-0.2, 0) is 20.3 Å². The topological polar surface area (TPSA) is 0 Å². The van der Waals surface area contributed by atoms with Crippen molar-refractivity contribution in [3.63, 3.8) is 0 Å². The number of fused-ring (bicyclic) bond motifs is 2. The van der Waals surface area contributed by atoms with Gasteiger partial charge in [-0.2, -0.15) is 0 Å². The second-order valence-corrected chi connectivity index (χ2v) is 25.2. The van der Waals surface area contributed by atoms with E-state index in [4.69, 9.17) is 0 Å². The summed E-state index contributed by atoms with van der Waals surface area (Å²) < 4.78 is 4.01. The molecule has 0 radical (unpaired) electrons. The number of hydrogen-bond acceptors (Lipinski definition) is 0. The summed E-state index contributed by atoms with van der Waals surface area (Å²) in [5, 5.41) is 0. The molecule has 37 heavy (non-hydrogen) atoms. The fourth-order valence-corrected chi connectivity index (χ4v) is 28.9. The Balaban J connectivity index is 1.73. The van der Waals surface area contributed by atoms with Crippen LogP contribution < -0.4 is 0 Å². The molecule has 0 bridgehead atoms. The molecule has 1 aliphatic heterocycles. The fraction of sp³-hybridized carbons (Fsp3) is 0.556. The monoisotopic (exact) mass is 572 g/mol. The first-order valence-electron chi connectivity index (χ1n) is 15.1. The number of benzene rings is 2. The van der Waals surface area contributed by atoms with Gasteiger partial charge in [0.25, 0.3) is 0 Å². The Morgan fingerprint density at radius 2 is 1.05 bits per heavy atom. The van der Waals surface area contributed by atoms with Gasteiger partial charge in [0, 0.05) is 0 Å². The van der Waals surface area contributed by atoms with Gasteiger partial charge >= 0.3 is 234 Å². The molecule has 2 aromatic rings. The molecule has 1 heteroatoms. The molecule has 0 saturated carbocycles. The molecular weight excluding hydrogens is 524 g/mol. The van der Waals surface area contributed by atoms with Gasteiger partial charge in [0.1, 0.15) is 0 Å². The molecule has 2 aromatic carbocycles. The summed E-state index contributed by atoms with van der Waals surface area (Å²) in [7, 11) is 0. The molecule has 3 atom stereocenters. The summed E-state index contributed by atoms with van der Waals surface area (Å²) >= 11 is -2.74. The second kappa shape index (κ2) is 9.77. The van der Waals surface area contributed by atoms with Gasteiger partial charge in [-0.15, -0.1) is 0 Å². The zero-order valence-electron chi connectivity index (χ0n) is 25.4. The average Bonchev–Trinajstić information content (AvgIpc) is 3.28. The number of rotatable bonds is 7. The van der Waals surface area contributed by atoms with E-state index in [-0.39, 0.29) is 0 Å². The first kappa shape index (κ1) is 27.4. The van der Waals surface area contributed by atoms with Gasteiger partial charge in [-0.05, 0) is 0 Å². The van der Waals surface area contributed by atoms with Crippen LogP contribution in [0.15, 0.2) is 35.4 Å². The van der Waals surface area contributed by atoms with Crippen LogP contribution in [0.1, 0.15) is 158 Å². The van der Waals surface area contributed by atoms with Gasteiger partial charge < -0.3 is 0 Å². The quantitative estimate of drug-likeness (QED) is 0.309. The Morgan fingerprint density at radius 3 is 1.35 bits per heavy atom. The summed E-state index contributed by atoms with van der Waals surface area (Å²) in [6.07, 6.45) is 6.63. The fourth-order valence-electron chi connectivity index (χ4n) is 8.18. The van der Waals surface area contributed by atoms with Gasteiger partial charge in [0.2, 0.25) is 0 Å². The van der Waals surface area contributed by atoms with Crippen molar-refractivity contribution >= 4 is 12.2 Å². The summed E-state index contributed by atoms with van der Waals surface area (Å²) in [4.78, 5) is 0. The molecule has 1 heterocycles. The zero-order chi connectivity index (χ0) is 27.0. The minimum atomic E-state index is -2.74. The maximum atomic E-state index is 2.66. The molecule has 0 nitrogen and oxygen atoms in total. The molecule has 0 aromatic heterocycles. The normalized spacial score (nSPS) is 26.3. The Kier molecular flexibility index (Phi) is 7.23. The van der Waals surface area contributed by atoms with Crippen molar-refractivity contribution in [1.82, 2.24) is 0 Å². The summed E-state index contributed by atoms with van der Waals surface area (Å²) in [6, 6.07) is 10.4. The van der Waals surface area contributed by atoms with Gasteiger partial charge in [-0.3, -0.25) is 0 Å². The van der Waals surface area contributed by atoms with Crippen molar-refractivity contribution in [3.05, 3.63) is 79.9 Å². The Morgan fingerprint density at radius 1 is 0.649 bits per heavy atom. The van der Waals surface area contributed by atoms with Crippen molar-refractivity contribution in [2.75, 3.05) is 0 Å². The van der Waals surface area contributed by atoms with Crippen LogP contribution in [0, 0.1) is 0 Å². The predicted octanol–water partition coefficient (Wildman–Crippen LogP) is 11.6. The van der Waals surface area contributed by atoms with E-state index in [0.29, 0.717) is 23.7 Å². The van der Waals surface area contributed by atoms with E-state index >= 15 is 0 Å². The average molecular weight is 574 g/mol. The molecule has 198 valence electrons. The van der Waals surface area contributed by atoms with Crippen molar-refractivity contribution in [1.29, 1.82) is 0 Å². The van der Waals surface area contributed by atoms with E-state index in [1.54, 1.807) is 59.8 Å². The van der Waals surface area contributed by atoms with E-state index in [1.165, 1.54) is 6.42 Å². The van der Waals surface area contributed by atoms with E-state index in [1.807, 2.05) is 0 Å². The van der Waals surface area contributed by atoms with Crippen LogP contribution in [0.25, 0.3) is 12.2 Å². The zero-order valence-corrected chi connectivity index (χ0v) is 27.9. The van der Waals surface area contributed by atoms with E-state index < -0.39 is 20.3 Å². The van der Waals surface area contributed by atoms with Crippen molar-refractivity contribution < 1.29 is 20.3 Å². The summed E-state index contributed by atoms with van der Waals surface area (Å²) in [6.45, 7) is 26.5. The van der Waals surface area contributed by atoms with Gasteiger partial charge in [0.05, 0.1) is 0 Å². The van der Waals surface area contributed by atoms with Crippen LogP contribution >= 0.6 is 0 Å². The molecule has 5 rings (SSSR count). The van der Waals surface area contributed by atoms with Gasteiger partial charge in [0.15, 0.2) is 0 Å². The summed E-state index contributed by atoms with van der Waals surface area (Å²) in [5.74, 6) is 2.29. The van der Waals surface area contributed by atoms with Gasteiger partial charge in [-0.25, -0.2) is 0 Å². The molecule has 3 aliphatic rings. The molecule has 1 fully saturated rings. The van der Waals surface area contributed by atoms with Crippen LogP contribution in [0.4, 0.5) is 0 Å². The van der Waals surface area contributed by atoms with Crippen LogP contribution in [-0.4, -0.2) is 0 Å². The van der Waals surface area contributed by atoms with Crippen molar-refractivity contribution in [3.8, 4) is 0 Å². The summed E-state index contributed by atoms with van der Waals surface area (Å²) in [5.41, 5.74) is 16.3. The maximum absolute atomic E-state index is 2.74. The van der Waals surface area contributed by atoms with Crippen LogP contribution in [0.2, 0.25) is 7.75 Å². The minimum absolute atomic E-state index is 0.568. The SMILES string of the molecule is CC[CH]1[CH2][Zr]1([CH]1C(C)=Cc2c(C(C)C)cc(C(C)C)cc21)[CH]1C(C)=Cc2c(C(C)C)cc(C(C)C)cc21. The third-order valence-electron chi connectivity index (χ3n) is 10.2. The molecule has 2 aliphatic carbocycles. The molecule has 0 spiro atoms. The van der Waals surface area contributed by atoms with Crippen LogP contribution in [0.5, 0.6) is 0 Å². The second-order valence-electron chi connectivity index (χ2n) is 13.9. The molecule has 1 saturated heterocycles. The molecular formula is C36H50Zr. The Labute approximate surface area is 232 Å². The van der Waals surface area contributed by atoms with E-state index in [9.17, 15) is 0 Å². The van der Waals surface area contributed by atoms with E-state index in [2.05, 4.69) is 113 Å². The predicted molar refractivity (Wildman–Crippen MR) is 161 cm³/mol. The first-order valence-corrected chi connectivity index (χ1v) is 21.1. The van der Waals surface area contributed by atoms with Crippen molar-refractivity contribution in [2.24, 2.45) is 0 Å². The van der Waals surface area contributed by atoms with E-state index in [0.717, 1.165) is 10.9 Å². The molecule has 0 amide bonds. The van der Waals surface area contributed by atoms with Crippen molar-refractivity contribution in [2.45, 2.75) is 121 Å². The van der Waals surface area contributed by atoms with Crippen LogP contribution in [0.3, 0.4) is 0 Å². The number of allylic oxidation sites excluding steroid dienone is 2. The Bertz CT molecular complexity index is 1190. The third kappa shape index (κ3) is 4.26. The number of hydrogen-bond donors (Lipinski definition) is 0. The standard InChI is InChI=1S/2C16H21.C4H8.Zr/c2*1-10(2)13-8-14-6-12(5)7-16(14)15(9-13)11(3)4;1-3-4-2;/h2*6-11H,1-5H3;3H,1,4H2,2H3;.